The number of halogens is 1. The fourth-order valence-electron chi connectivity index (χ4n) is 4.65. The third-order valence-corrected chi connectivity index (χ3v) is 6.42. The largest absolute Gasteiger partial charge is 0.508 e. The van der Waals surface area contributed by atoms with E-state index in [-0.39, 0.29) is 29.3 Å². The minimum absolute atomic E-state index is 0.0157. The molecule has 0 radical (unpaired) electrons. The molecule has 0 saturated carbocycles. The smallest absolute Gasteiger partial charge is 0.175 e. The molecule has 3 aliphatic rings. The Bertz CT molecular complexity index is 872. The quantitative estimate of drug-likeness (QED) is 0.749. The van der Waals surface area contributed by atoms with Gasteiger partial charge in [-0.25, -0.2) is 4.39 Å². The van der Waals surface area contributed by atoms with E-state index in [9.17, 15) is 19.1 Å². The molecule has 30 heavy (non-hydrogen) atoms. The van der Waals surface area contributed by atoms with Gasteiger partial charge >= 0.3 is 0 Å². The predicted octanol–water partition coefficient (Wildman–Crippen LogP) is 2.59. The Hall–Kier alpha value is -2.51. The second-order valence-electron chi connectivity index (χ2n) is 8.46. The number of piperidine rings is 1. The molecular weight excluding hydrogens is 385 g/mol. The third-order valence-electron chi connectivity index (χ3n) is 6.42. The van der Waals surface area contributed by atoms with Crippen molar-refractivity contribution in [2.75, 3.05) is 39.9 Å². The van der Waals surface area contributed by atoms with Crippen LogP contribution in [0.5, 0.6) is 0 Å². The first-order valence-corrected chi connectivity index (χ1v) is 10.5. The van der Waals surface area contributed by atoms with Gasteiger partial charge in [-0.15, -0.1) is 0 Å². The van der Waals surface area contributed by atoms with E-state index in [2.05, 4.69) is 9.80 Å². The number of aliphatic hydroxyl groups excluding tert-OH is 1. The van der Waals surface area contributed by atoms with Gasteiger partial charge in [0.15, 0.2) is 11.6 Å². The number of likely N-dealkylation sites (N-methyl/N-ethyl adjacent to an activating group) is 1. The topological polar surface area (TPSA) is 64.1 Å². The maximum Gasteiger partial charge on any atom is 0.175 e. The van der Waals surface area contributed by atoms with Crippen LogP contribution in [-0.2, 0) is 4.79 Å². The summed E-state index contributed by atoms with van der Waals surface area (Å²) in [6.45, 7) is 3.45. The van der Waals surface area contributed by atoms with E-state index < -0.39 is 0 Å². The van der Waals surface area contributed by atoms with Crippen molar-refractivity contribution in [3.8, 4) is 0 Å². The number of benzene rings is 1. The van der Waals surface area contributed by atoms with Crippen molar-refractivity contribution >= 4 is 11.6 Å². The second kappa shape index (κ2) is 8.70. The SMILES string of the molecule is CN1CN2CC(=O)C=CC2=C(O)C1CCN1CCC(C(=O)c2ccc(F)cc2)CC1. The lowest BCUT2D eigenvalue weighted by atomic mass is 9.88. The summed E-state index contributed by atoms with van der Waals surface area (Å²) in [4.78, 5) is 30.6. The summed E-state index contributed by atoms with van der Waals surface area (Å²) >= 11 is 0. The highest BCUT2D eigenvalue weighted by molar-refractivity contribution is 5.97. The van der Waals surface area contributed by atoms with E-state index in [1.165, 1.54) is 18.2 Å². The zero-order chi connectivity index (χ0) is 21.3. The molecule has 1 fully saturated rings. The summed E-state index contributed by atoms with van der Waals surface area (Å²) in [6, 6.07) is 5.73. The Morgan fingerprint density at radius 3 is 2.57 bits per heavy atom. The van der Waals surface area contributed by atoms with Crippen LogP contribution in [0.4, 0.5) is 4.39 Å². The van der Waals surface area contributed by atoms with Crippen molar-refractivity contribution in [2.24, 2.45) is 5.92 Å². The molecular formula is C23H28FN3O3. The number of allylic oxidation sites excluding steroid dienone is 1. The molecule has 1 N–H and O–H groups in total. The molecule has 3 aliphatic heterocycles. The number of rotatable bonds is 5. The summed E-state index contributed by atoms with van der Waals surface area (Å²) in [6.07, 6.45) is 5.63. The first-order chi connectivity index (χ1) is 14.4. The molecule has 1 aromatic rings. The molecule has 3 heterocycles. The van der Waals surface area contributed by atoms with E-state index in [1.54, 1.807) is 18.2 Å². The fourth-order valence-corrected chi connectivity index (χ4v) is 4.65. The number of hydrogen-bond donors (Lipinski definition) is 1. The standard InChI is InChI=1S/C23H28FN3O3/c1-25-15-27-14-19(28)6-7-21(27)23(30)20(25)10-13-26-11-8-17(9-12-26)22(29)16-2-4-18(24)5-3-16/h2-7,17,20,30H,8-15H2,1H3. The highest BCUT2D eigenvalue weighted by atomic mass is 19.1. The number of carbonyl (C=O) groups is 2. The van der Waals surface area contributed by atoms with E-state index >= 15 is 0 Å². The average Bonchev–Trinajstić information content (AvgIpc) is 2.74. The van der Waals surface area contributed by atoms with Crippen molar-refractivity contribution in [2.45, 2.75) is 25.3 Å². The molecule has 0 bridgehead atoms. The number of carbonyl (C=O) groups excluding carboxylic acids is 2. The normalized spacial score (nSPS) is 23.7. The first kappa shape index (κ1) is 20.8. The molecule has 6 nitrogen and oxygen atoms in total. The van der Waals surface area contributed by atoms with E-state index in [4.69, 9.17) is 0 Å². The monoisotopic (exact) mass is 413 g/mol. The molecule has 0 amide bonds. The van der Waals surface area contributed by atoms with Crippen molar-refractivity contribution in [1.29, 1.82) is 0 Å². The molecule has 0 aromatic heterocycles. The number of aliphatic hydroxyl groups is 1. The minimum Gasteiger partial charge on any atom is -0.508 e. The molecule has 4 rings (SSSR count). The number of ketones is 2. The molecule has 7 heteroatoms. The minimum atomic E-state index is -0.328. The van der Waals surface area contributed by atoms with Gasteiger partial charge in [0.1, 0.15) is 11.6 Å². The van der Waals surface area contributed by atoms with Gasteiger partial charge in [0.05, 0.1) is 25.0 Å². The lowest BCUT2D eigenvalue weighted by molar-refractivity contribution is -0.116. The molecule has 0 aliphatic carbocycles. The molecule has 1 unspecified atom stereocenters. The lowest BCUT2D eigenvalue weighted by Gasteiger charge is -2.42. The first-order valence-electron chi connectivity index (χ1n) is 10.5. The summed E-state index contributed by atoms with van der Waals surface area (Å²) in [7, 11) is 1.97. The number of fused-ring (bicyclic) bond motifs is 1. The van der Waals surface area contributed by atoms with Gasteiger partial charge in [-0.1, -0.05) is 0 Å². The maximum atomic E-state index is 13.1. The Balaban J connectivity index is 1.31. The van der Waals surface area contributed by atoms with Gasteiger partial charge in [0.2, 0.25) is 0 Å². The van der Waals surface area contributed by atoms with Gasteiger partial charge in [-0.2, -0.15) is 0 Å². The van der Waals surface area contributed by atoms with Crippen LogP contribution in [0.15, 0.2) is 47.9 Å². The zero-order valence-electron chi connectivity index (χ0n) is 17.3. The molecule has 160 valence electrons. The van der Waals surface area contributed by atoms with Crippen LogP contribution in [0, 0.1) is 11.7 Å². The Morgan fingerprint density at radius 2 is 1.87 bits per heavy atom. The number of nitrogens with zero attached hydrogens (tertiary/aromatic N) is 3. The number of Topliss-reactive ketones (excluding diaryl/α,β-unsaturated/α-hetero) is 1. The summed E-state index contributed by atoms with van der Waals surface area (Å²) in [5, 5.41) is 10.8. The van der Waals surface area contributed by atoms with Crippen LogP contribution in [0.3, 0.4) is 0 Å². The van der Waals surface area contributed by atoms with Gasteiger partial charge in [0, 0.05) is 18.0 Å². The van der Waals surface area contributed by atoms with Crippen molar-refractivity contribution in [1.82, 2.24) is 14.7 Å². The van der Waals surface area contributed by atoms with Crippen LogP contribution in [0.2, 0.25) is 0 Å². The van der Waals surface area contributed by atoms with Gasteiger partial charge < -0.3 is 14.9 Å². The van der Waals surface area contributed by atoms with Crippen LogP contribution in [0.25, 0.3) is 0 Å². The molecule has 1 saturated heterocycles. The van der Waals surface area contributed by atoms with E-state index in [0.717, 1.165) is 44.6 Å². The molecule has 0 spiro atoms. The van der Waals surface area contributed by atoms with E-state index in [1.807, 2.05) is 11.9 Å². The summed E-state index contributed by atoms with van der Waals surface area (Å²) < 4.78 is 13.1. The average molecular weight is 413 g/mol. The van der Waals surface area contributed by atoms with E-state index in [0.29, 0.717) is 24.5 Å². The molecule has 1 aromatic carbocycles. The van der Waals surface area contributed by atoms with Crippen molar-refractivity contribution in [3.63, 3.8) is 0 Å². The third kappa shape index (κ3) is 4.32. The highest BCUT2D eigenvalue weighted by Crippen LogP contribution is 2.28. The number of hydrogen-bond acceptors (Lipinski definition) is 6. The van der Waals surface area contributed by atoms with Gasteiger partial charge in [-0.3, -0.25) is 14.5 Å². The van der Waals surface area contributed by atoms with Crippen LogP contribution < -0.4 is 0 Å². The fraction of sp³-hybridized carbons (Fsp3) is 0.478. The van der Waals surface area contributed by atoms with Crippen molar-refractivity contribution < 1.29 is 19.1 Å². The van der Waals surface area contributed by atoms with Crippen LogP contribution >= 0.6 is 0 Å². The summed E-state index contributed by atoms with van der Waals surface area (Å²) in [5.74, 6) is 0.136. The van der Waals surface area contributed by atoms with Gasteiger partial charge in [-0.05, 0) is 75.8 Å². The Labute approximate surface area is 176 Å². The molecule has 1 atom stereocenters. The highest BCUT2D eigenvalue weighted by Gasteiger charge is 2.33. The number of likely N-dealkylation sites (tertiary alicyclic amines) is 1. The van der Waals surface area contributed by atoms with Crippen LogP contribution in [0.1, 0.15) is 29.6 Å². The predicted molar refractivity (Wildman–Crippen MR) is 111 cm³/mol. The zero-order valence-corrected chi connectivity index (χ0v) is 17.3. The second-order valence-corrected chi connectivity index (χ2v) is 8.46. The summed E-state index contributed by atoms with van der Waals surface area (Å²) in [5.41, 5.74) is 1.33. The maximum absolute atomic E-state index is 13.1. The Morgan fingerprint density at radius 1 is 1.17 bits per heavy atom. The lowest BCUT2D eigenvalue weighted by Crippen LogP contribution is -2.50. The van der Waals surface area contributed by atoms with Gasteiger partial charge in [0.25, 0.3) is 0 Å². The Kier molecular flexibility index (Phi) is 6.01. The van der Waals surface area contributed by atoms with Crippen LogP contribution in [-0.4, -0.2) is 77.3 Å². The van der Waals surface area contributed by atoms with Crippen molar-refractivity contribution in [3.05, 3.63) is 59.3 Å².